The van der Waals surface area contributed by atoms with Gasteiger partial charge < -0.3 is 10.1 Å². The van der Waals surface area contributed by atoms with Crippen molar-refractivity contribution in [1.82, 2.24) is 24.6 Å². The lowest BCUT2D eigenvalue weighted by atomic mass is 10.1. The van der Waals surface area contributed by atoms with Gasteiger partial charge in [-0.3, -0.25) is 9.78 Å². The molecule has 0 saturated carbocycles. The lowest BCUT2D eigenvalue weighted by Crippen LogP contribution is -2.16. The summed E-state index contributed by atoms with van der Waals surface area (Å²) in [5.74, 6) is 0.683. The maximum Gasteiger partial charge on any atom is 0.225 e. The molecule has 0 radical (unpaired) electrons. The highest BCUT2D eigenvalue weighted by Gasteiger charge is 2.16. The number of carbonyl (C=O) groups excluding carboxylic acids is 1. The van der Waals surface area contributed by atoms with E-state index in [2.05, 4.69) is 31.4 Å². The fourth-order valence-electron chi connectivity index (χ4n) is 3.43. The normalized spacial score (nSPS) is 10.7. The summed E-state index contributed by atoms with van der Waals surface area (Å²) >= 11 is 0. The number of hydrogen-bond donors (Lipinski definition) is 1. The SMILES string of the molecule is Cc1nc2c(C#N)cnn2c(C)c1CCC(=O)Nc1ncccc1OCc1ccncc1. The molecular weight excluding hydrogens is 406 g/mol. The molecule has 0 aliphatic carbocycles. The molecule has 4 aromatic heterocycles. The van der Waals surface area contributed by atoms with Gasteiger partial charge in [-0.15, -0.1) is 0 Å². The second kappa shape index (κ2) is 9.22. The zero-order valence-corrected chi connectivity index (χ0v) is 17.7. The minimum absolute atomic E-state index is 0.186. The van der Waals surface area contributed by atoms with Gasteiger partial charge >= 0.3 is 0 Å². The number of nitriles is 1. The Bertz CT molecular complexity index is 1310. The fraction of sp³-hybridized carbons (Fsp3) is 0.217. The van der Waals surface area contributed by atoms with Crippen molar-refractivity contribution >= 4 is 17.4 Å². The van der Waals surface area contributed by atoms with Crippen LogP contribution in [0.4, 0.5) is 5.82 Å². The van der Waals surface area contributed by atoms with Crippen LogP contribution >= 0.6 is 0 Å². The molecule has 160 valence electrons. The van der Waals surface area contributed by atoms with Crippen molar-refractivity contribution in [1.29, 1.82) is 5.26 Å². The summed E-state index contributed by atoms with van der Waals surface area (Å²) < 4.78 is 7.47. The molecule has 9 nitrogen and oxygen atoms in total. The van der Waals surface area contributed by atoms with Crippen LogP contribution in [-0.2, 0) is 17.8 Å². The monoisotopic (exact) mass is 427 g/mol. The van der Waals surface area contributed by atoms with Crippen molar-refractivity contribution in [2.45, 2.75) is 33.3 Å². The molecule has 0 aliphatic heterocycles. The van der Waals surface area contributed by atoms with Crippen LogP contribution in [0.2, 0.25) is 0 Å². The van der Waals surface area contributed by atoms with Crippen molar-refractivity contribution < 1.29 is 9.53 Å². The van der Waals surface area contributed by atoms with Crippen molar-refractivity contribution in [2.24, 2.45) is 0 Å². The summed E-state index contributed by atoms with van der Waals surface area (Å²) in [6.45, 7) is 4.13. The maximum atomic E-state index is 12.6. The number of aromatic nitrogens is 5. The van der Waals surface area contributed by atoms with Crippen LogP contribution < -0.4 is 10.1 Å². The van der Waals surface area contributed by atoms with E-state index in [0.29, 0.717) is 35.8 Å². The number of aryl methyl sites for hydroxylation is 2. The molecule has 32 heavy (non-hydrogen) atoms. The molecule has 0 spiro atoms. The Morgan fingerprint density at radius 3 is 2.81 bits per heavy atom. The van der Waals surface area contributed by atoms with Crippen LogP contribution in [0.3, 0.4) is 0 Å². The average Bonchev–Trinajstić information content (AvgIpc) is 3.22. The first-order valence-corrected chi connectivity index (χ1v) is 10.1. The molecule has 0 unspecified atom stereocenters. The van der Waals surface area contributed by atoms with Gasteiger partial charge in [-0.05, 0) is 55.7 Å². The highest BCUT2D eigenvalue weighted by molar-refractivity contribution is 5.91. The van der Waals surface area contributed by atoms with E-state index in [1.54, 1.807) is 35.2 Å². The quantitative estimate of drug-likeness (QED) is 0.481. The number of nitrogens with one attached hydrogen (secondary N) is 1. The number of fused-ring (bicyclic) bond motifs is 1. The van der Waals surface area contributed by atoms with Crippen LogP contribution in [-0.4, -0.2) is 30.5 Å². The number of nitrogens with zero attached hydrogens (tertiary/aromatic N) is 6. The second-order valence-corrected chi connectivity index (χ2v) is 7.21. The van der Waals surface area contributed by atoms with Crippen molar-refractivity contribution in [3.8, 4) is 11.8 Å². The van der Waals surface area contributed by atoms with Gasteiger partial charge in [0.1, 0.15) is 18.2 Å². The van der Waals surface area contributed by atoms with E-state index in [1.807, 2.05) is 26.0 Å². The molecule has 0 atom stereocenters. The van der Waals surface area contributed by atoms with E-state index in [9.17, 15) is 10.1 Å². The van der Waals surface area contributed by atoms with Gasteiger partial charge in [0.2, 0.25) is 5.91 Å². The van der Waals surface area contributed by atoms with E-state index >= 15 is 0 Å². The van der Waals surface area contributed by atoms with Gasteiger partial charge in [0, 0.05) is 36.4 Å². The molecule has 9 heteroatoms. The third-order valence-corrected chi connectivity index (χ3v) is 5.10. The second-order valence-electron chi connectivity index (χ2n) is 7.21. The minimum Gasteiger partial charge on any atom is -0.485 e. The van der Waals surface area contributed by atoms with Gasteiger partial charge in [-0.1, -0.05) is 0 Å². The van der Waals surface area contributed by atoms with Crippen molar-refractivity contribution in [3.63, 3.8) is 0 Å². The highest BCUT2D eigenvalue weighted by atomic mass is 16.5. The first kappa shape index (κ1) is 20.9. The van der Waals surface area contributed by atoms with Crippen LogP contribution in [0, 0.1) is 25.2 Å². The predicted octanol–water partition coefficient (Wildman–Crippen LogP) is 3.16. The van der Waals surface area contributed by atoms with Gasteiger partial charge in [-0.2, -0.15) is 10.4 Å². The number of hydrogen-bond acceptors (Lipinski definition) is 7. The number of rotatable bonds is 7. The molecule has 0 fully saturated rings. The molecule has 0 aromatic carbocycles. The highest BCUT2D eigenvalue weighted by Crippen LogP contribution is 2.23. The van der Waals surface area contributed by atoms with Crippen LogP contribution in [0.1, 0.15) is 34.5 Å². The number of pyridine rings is 2. The molecule has 0 saturated heterocycles. The maximum absolute atomic E-state index is 12.6. The summed E-state index contributed by atoms with van der Waals surface area (Å²) in [4.78, 5) is 25.4. The Morgan fingerprint density at radius 1 is 1.22 bits per heavy atom. The molecule has 4 heterocycles. The Balaban J connectivity index is 1.43. The number of carbonyl (C=O) groups is 1. The summed E-state index contributed by atoms with van der Waals surface area (Å²) in [6.07, 6.45) is 7.22. The average molecular weight is 427 g/mol. The number of anilines is 1. The third-order valence-electron chi connectivity index (χ3n) is 5.10. The summed E-state index contributed by atoms with van der Waals surface area (Å²) in [5.41, 5.74) is 4.48. The Morgan fingerprint density at radius 2 is 2.03 bits per heavy atom. The largest absolute Gasteiger partial charge is 0.485 e. The Hall–Kier alpha value is -4.32. The zero-order valence-electron chi connectivity index (χ0n) is 17.7. The Kier molecular flexibility index (Phi) is 6.03. The van der Waals surface area contributed by atoms with Gasteiger partial charge in [0.05, 0.1) is 6.20 Å². The molecule has 0 aliphatic rings. The van der Waals surface area contributed by atoms with Gasteiger partial charge in [0.15, 0.2) is 17.2 Å². The summed E-state index contributed by atoms with van der Waals surface area (Å²) in [5, 5.41) is 16.3. The predicted molar refractivity (Wildman–Crippen MR) is 117 cm³/mol. The number of amides is 1. The lowest BCUT2D eigenvalue weighted by molar-refractivity contribution is -0.116. The van der Waals surface area contributed by atoms with Gasteiger partial charge in [0.25, 0.3) is 0 Å². The molecule has 4 rings (SSSR count). The van der Waals surface area contributed by atoms with Crippen LogP contribution in [0.25, 0.3) is 5.65 Å². The van der Waals surface area contributed by atoms with E-state index in [1.165, 1.54) is 6.20 Å². The zero-order chi connectivity index (χ0) is 22.5. The van der Waals surface area contributed by atoms with E-state index in [-0.39, 0.29) is 12.3 Å². The minimum atomic E-state index is -0.186. The molecule has 0 bridgehead atoms. The molecular formula is C23H21N7O2. The fourth-order valence-corrected chi connectivity index (χ4v) is 3.43. The molecule has 1 N–H and O–H groups in total. The third kappa shape index (κ3) is 4.39. The van der Waals surface area contributed by atoms with Crippen LogP contribution in [0.15, 0.2) is 49.1 Å². The lowest BCUT2D eigenvalue weighted by Gasteiger charge is -2.13. The van der Waals surface area contributed by atoms with E-state index < -0.39 is 0 Å². The molecule has 4 aromatic rings. The van der Waals surface area contributed by atoms with E-state index in [0.717, 1.165) is 22.5 Å². The first-order valence-electron chi connectivity index (χ1n) is 10.1. The van der Waals surface area contributed by atoms with Gasteiger partial charge in [-0.25, -0.2) is 14.5 Å². The Labute approximate surface area is 184 Å². The van der Waals surface area contributed by atoms with Crippen LogP contribution in [0.5, 0.6) is 5.75 Å². The van der Waals surface area contributed by atoms with Crippen molar-refractivity contribution in [2.75, 3.05) is 5.32 Å². The van der Waals surface area contributed by atoms with E-state index in [4.69, 9.17) is 4.74 Å². The summed E-state index contributed by atoms with van der Waals surface area (Å²) in [6, 6.07) is 9.34. The standard InChI is InChI=1S/C23H21N7O2/c1-15-19(16(2)30-23(28-15)18(12-24)13-27-30)5-6-21(31)29-22-20(4-3-9-26-22)32-14-17-7-10-25-11-8-17/h3-4,7-11,13H,5-6,14H2,1-2H3,(H,26,29,31). The number of ether oxygens (including phenoxy) is 1. The first-order chi connectivity index (χ1) is 15.6. The topological polar surface area (TPSA) is 118 Å². The molecule has 1 amide bonds. The summed E-state index contributed by atoms with van der Waals surface area (Å²) in [7, 11) is 0. The smallest absolute Gasteiger partial charge is 0.225 e. The van der Waals surface area contributed by atoms with Crippen molar-refractivity contribution in [3.05, 3.63) is 77.1 Å².